The highest BCUT2D eigenvalue weighted by molar-refractivity contribution is 7.92. The lowest BCUT2D eigenvalue weighted by molar-refractivity contribution is 0.560. The first-order valence-corrected chi connectivity index (χ1v) is 10.6. The van der Waals surface area contributed by atoms with Gasteiger partial charge in [0.25, 0.3) is 0 Å². The number of benzene rings is 2. The Labute approximate surface area is 168 Å². The lowest BCUT2D eigenvalue weighted by Gasteiger charge is -2.21. The monoisotopic (exact) mass is 412 g/mol. The molecule has 0 bridgehead atoms. The third kappa shape index (κ3) is 3.13. The van der Waals surface area contributed by atoms with Crippen molar-refractivity contribution in [2.24, 2.45) is 0 Å². The van der Waals surface area contributed by atoms with Crippen molar-refractivity contribution in [3.8, 4) is 0 Å². The Morgan fingerprint density at radius 2 is 1.86 bits per heavy atom. The average molecular weight is 412 g/mol. The van der Waals surface area contributed by atoms with E-state index in [0.717, 1.165) is 0 Å². The molecule has 0 amide bonds. The van der Waals surface area contributed by atoms with Crippen molar-refractivity contribution >= 4 is 43.1 Å². The summed E-state index contributed by atoms with van der Waals surface area (Å²) in [6.07, 6.45) is 1.64. The highest BCUT2D eigenvalue weighted by Crippen LogP contribution is 2.34. The second-order valence-corrected chi connectivity index (χ2v) is 10.6. The SMILES string of the molecule is Cc1cc2nccc(Nc3n[nH]c4c(F)cccc34)c2cc1S(=O)(=O)C(C)(C)C. The molecule has 0 atom stereocenters. The number of sulfone groups is 1. The van der Waals surface area contributed by atoms with E-state index in [1.807, 2.05) is 0 Å². The van der Waals surface area contributed by atoms with Crippen LogP contribution in [0, 0.1) is 12.7 Å². The molecule has 4 aromatic rings. The minimum Gasteiger partial charge on any atom is -0.338 e. The van der Waals surface area contributed by atoms with Gasteiger partial charge in [-0.2, -0.15) is 5.10 Å². The normalized spacial score (nSPS) is 12.6. The Hall–Kier alpha value is -3.00. The molecule has 2 aromatic carbocycles. The predicted octanol–water partition coefficient (Wildman–Crippen LogP) is 4.87. The molecule has 0 unspecified atom stereocenters. The number of nitrogens with zero attached hydrogens (tertiary/aromatic N) is 2. The Balaban J connectivity index is 1.89. The highest BCUT2D eigenvalue weighted by Gasteiger charge is 2.32. The molecular weight excluding hydrogens is 391 g/mol. The van der Waals surface area contributed by atoms with Crippen LogP contribution >= 0.6 is 0 Å². The summed E-state index contributed by atoms with van der Waals surface area (Å²) in [6.45, 7) is 6.81. The fourth-order valence-electron chi connectivity index (χ4n) is 3.24. The van der Waals surface area contributed by atoms with Crippen LogP contribution in [0.1, 0.15) is 26.3 Å². The molecule has 0 saturated heterocycles. The maximum Gasteiger partial charge on any atom is 0.183 e. The maximum atomic E-state index is 14.0. The number of aromatic nitrogens is 3. The average Bonchev–Trinajstić information content (AvgIpc) is 3.04. The number of aromatic amines is 1. The van der Waals surface area contributed by atoms with Gasteiger partial charge in [-0.25, -0.2) is 12.8 Å². The number of para-hydroxylation sites is 1. The summed E-state index contributed by atoms with van der Waals surface area (Å²) >= 11 is 0. The smallest absolute Gasteiger partial charge is 0.183 e. The van der Waals surface area contributed by atoms with Gasteiger partial charge in [-0.15, -0.1) is 0 Å². The lowest BCUT2D eigenvalue weighted by Crippen LogP contribution is -2.28. The number of rotatable bonds is 3. The number of anilines is 2. The molecular formula is C21H21FN4O2S. The first-order valence-electron chi connectivity index (χ1n) is 9.13. The van der Waals surface area contributed by atoms with Crippen LogP contribution in [0.25, 0.3) is 21.8 Å². The molecule has 0 spiro atoms. The second kappa shape index (κ2) is 6.52. The molecule has 0 saturated carbocycles. The van der Waals surface area contributed by atoms with Crippen molar-refractivity contribution in [1.29, 1.82) is 0 Å². The van der Waals surface area contributed by atoms with E-state index in [2.05, 4.69) is 20.5 Å². The highest BCUT2D eigenvalue weighted by atomic mass is 32.2. The van der Waals surface area contributed by atoms with Gasteiger partial charge in [0.2, 0.25) is 0 Å². The molecule has 0 aliphatic rings. The molecule has 150 valence electrons. The maximum absolute atomic E-state index is 14.0. The zero-order valence-corrected chi connectivity index (χ0v) is 17.4. The second-order valence-electron chi connectivity index (χ2n) is 7.97. The van der Waals surface area contributed by atoms with E-state index in [1.54, 1.807) is 64.2 Å². The van der Waals surface area contributed by atoms with Crippen molar-refractivity contribution in [1.82, 2.24) is 15.2 Å². The van der Waals surface area contributed by atoms with Gasteiger partial charge in [-0.1, -0.05) is 6.07 Å². The molecule has 2 aromatic heterocycles. The summed E-state index contributed by atoms with van der Waals surface area (Å²) in [5, 5.41) is 11.3. The first-order chi connectivity index (χ1) is 13.6. The van der Waals surface area contributed by atoms with Crippen LogP contribution in [0.3, 0.4) is 0 Å². The quantitative estimate of drug-likeness (QED) is 0.501. The van der Waals surface area contributed by atoms with Crippen LogP contribution in [-0.2, 0) is 9.84 Å². The Morgan fingerprint density at radius 3 is 2.59 bits per heavy atom. The number of halogens is 1. The Kier molecular flexibility index (Phi) is 4.34. The van der Waals surface area contributed by atoms with Crippen LogP contribution in [0.2, 0.25) is 0 Å². The molecule has 8 heteroatoms. The van der Waals surface area contributed by atoms with Gasteiger partial charge in [-0.3, -0.25) is 10.1 Å². The van der Waals surface area contributed by atoms with E-state index in [4.69, 9.17) is 0 Å². The fraction of sp³-hybridized carbons (Fsp3) is 0.238. The van der Waals surface area contributed by atoms with Crippen LogP contribution in [-0.4, -0.2) is 28.3 Å². The number of H-pyrrole nitrogens is 1. The van der Waals surface area contributed by atoms with Gasteiger partial charge in [0.15, 0.2) is 15.7 Å². The van der Waals surface area contributed by atoms with E-state index in [0.29, 0.717) is 38.9 Å². The van der Waals surface area contributed by atoms with E-state index >= 15 is 0 Å². The zero-order valence-electron chi connectivity index (χ0n) is 16.5. The van der Waals surface area contributed by atoms with Crippen LogP contribution < -0.4 is 5.32 Å². The predicted molar refractivity (Wildman–Crippen MR) is 113 cm³/mol. The summed E-state index contributed by atoms with van der Waals surface area (Å²) in [7, 11) is -3.54. The summed E-state index contributed by atoms with van der Waals surface area (Å²) < 4.78 is 39.1. The van der Waals surface area contributed by atoms with Crippen molar-refractivity contribution in [3.63, 3.8) is 0 Å². The minimum atomic E-state index is -3.54. The van der Waals surface area contributed by atoms with Crippen LogP contribution in [0.15, 0.2) is 47.5 Å². The molecule has 29 heavy (non-hydrogen) atoms. The zero-order chi connectivity index (χ0) is 21.0. The van der Waals surface area contributed by atoms with Gasteiger partial charge >= 0.3 is 0 Å². The van der Waals surface area contributed by atoms with Gasteiger partial charge in [-0.05, 0) is 63.6 Å². The Bertz CT molecular complexity index is 1350. The van der Waals surface area contributed by atoms with Crippen molar-refractivity contribution in [2.75, 3.05) is 5.32 Å². The molecule has 0 radical (unpaired) electrons. The molecule has 0 aliphatic heterocycles. The van der Waals surface area contributed by atoms with Crippen molar-refractivity contribution in [2.45, 2.75) is 37.3 Å². The molecule has 4 rings (SSSR count). The van der Waals surface area contributed by atoms with Gasteiger partial charge < -0.3 is 5.32 Å². The van der Waals surface area contributed by atoms with Gasteiger partial charge in [0.05, 0.1) is 20.8 Å². The minimum absolute atomic E-state index is 0.270. The largest absolute Gasteiger partial charge is 0.338 e. The molecule has 0 aliphatic carbocycles. The molecule has 2 N–H and O–H groups in total. The molecule has 2 heterocycles. The standard InChI is InChI=1S/C21H21FN4O2S/c1-12-10-17-14(11-18(12)29(27,28)21(2,3)4)16(8-9-23-17)24-20-13-6-5-7-15(22)19(13)25-26-20/h5-11H,1-4H3,(H2,23,24,25,26). The number of hydrogen-bond donors (Lipinski definition) is 2. The number of nitrogens with one attached hydrogen (secondary N) is 2. The lowest BCUT2D eigenvalue weighted by atomic mass is 10.1. The Morgan fingerprint density at radius 1 is 1.10 bits per heavy atom. The number of hydrogen-bond acceptors (Lipinski definition) is 5. The van der Waals surface area contributed by atoms with Gasteiger partial charge in [0, 0.05) is 17.0 Å². The molecule has 0 fully saturated rings. The number of fused-ring (bicyclic) bond motifs is 2. The van der Waals surface area contributed by atoms with Crippen LogP contribution in [0.4, 0.5) is 15.9 Å². The van der Waals surface area contributed by atoms with Crippen molar-refractivity contribution in [3.05, 3.63) is 54.0 Å². The number of pyridine rings is 1. The molecule has 6 nitrogen and oxygen atoms in total. The van der Waals surface area contributed by atoms with Crippen LogP contribution in [0.5, 0.6) is 0 Å². The summed E-state index contributed by atoms with van der Waals surface area (Å²) in [5.74, 6) is 0.0598. The summed E-state index contributed by atoms with van der Waals surface area (Å²) in [5.41, 5.74) is 2.24. The van der Waals surface area contributed by atoms with Crippen molar-refractivity contribution < 1.29 is 12.8 Å². The van der Waals surface area contributed by atoms with E-state index < -0.39 is 20.4 Å². The van der Waals surface area contributed by atoms with Gasteiger partial charge in [0.1, 0.15) is 11.3 Å². The topological polar surface area (TPSA) is 87.7 Å². The summed E-state index contributed by atoms with van der Waals surface area (Å²) in [6, 6.07) is 9.88. The number of aryl methyl sites for hydroxylation is 1. The third-order valence-electron chi connectivity index (χ3n) is 4.94. The van der Waals surface area contributed by atoms with E-state index in [1.165, 1.54) is 6.07 Å². The van der Waals surface area contributed by atoms with E-state index in [9.17, 15) is 12.8 Å². The first kappa shape index (κ1) is 19.3. The summed E-state index contributed by atoms with van der Waals surface area (Å²) in [4.78, 5) is 4.64. The fourth-order valence-corrected chi connectivity index (χ4v) is 4.65. The third-order valence-corrected chi connectivity index (χ3v) is 7.57. The van der Waals surface area contributed by atoms with E-state index in [-0.39, 0.29) is 4.90 Å².